The number of hydrogen-bond donors (Lipinski definition) is 0. The fourth-order valence-corrected chi connectivity index (χ4v) is 2.29. The number of likely N-dealkylation sites (tertiary alicyclic amines) is 1. The van der Waals surface area contributed by atoms with Gasteiger partial charge in [0.2, 0.25) is 0 Å². The van der Waals surface area contributed by atoms with Crippen LogP contribution in [0.5, 0.6) is 0 Å². The molecule has 0 aliphatic carbocycles. The number of rotatable bonds is 2. The first-order valence-corrected chi connectivity index (χ1v) is 6.63. The van der Waals surface area contributed by atoms with Gasteiger partial charge in [0.15, 0.2) is 0 Å². The summed E-state index contributed by atoms with van der Waals surface area (Å²) in [7, 11) is 0. The molecular weight excluding hydrogens is 261 g/mol. The molecule has 0 spiro atoms. The molecule has 1 fully saturated rings. The van der Waals surface area contributed by atoms with Crippen LogP contribution in [0, 0.1) is 5.82 Å². The number of carbonyl (C=O) groups excluding carboxylic acids is 1. The lowest BCUT2D eigenvalue weighted by molar-refractivity contribution is 0.0684. The van der Waals surface area contributed by atoms with E-state index in [1.807, 2.05) is 0 Å². The van der Waals surface area contributed by atoms with Crippen molar-refractivity contribution in [2.24, 2.45) is 0 Å². The predicted octanol–water partition coefficient (Wildman–Crippen LogP) is 2.50. The Bertz CT molecular complexity index is 620. The molecule has 1 saturated heterocycles. The van der Waals surface area contributed by atoms with Crippen LogP contribution in [0.1, 0.15) is 29.9 Å². The summed E-state index contributed by atoms with van der Waals surface area (Å²) in [6.07, 6.45) is 3.11. The molecule has 0 N–H and O–H groups in total. The van der Waals surface area contributed by atoms with Gasteiger partial charge in [-0.15, -0.1) is 10.2 Å². The van der Waals surface area contributed by atoms with Gasteiger partial charge in [-0.3, -0.25) is 4.79 Å². The molecule has 5 nitrogen and oxygen atoms in total. The lowest BCUT2D eigenvalue weighted by Gasteiger charge is -2.24. The summed E-state index contributed by atoms with van der Waals surface area (Å²) in [6, 6.07) is 6.10. The van der Waals surface area contributed by atoms with E-state index in [0.717, 1.165) is 19.3 Å². The fraction of sp³-hybridized carbons (Fsp3) is 0.357. The van der Waals surface area contributed by atoms with Gasteiger partial charge in [-0.1, -0.05) is 12.1 Å². The maximum Gasteiger partial charge on any atom is 0.311 e. The molecule has 2 heterocycles. The minimum absolute atomic E-state index is 0.0310. The zero-order chi connectivity index (χ0) is 13.9. The highest BCUT2D eigenvalue weighted by atomic mass is 19.1. The monoisotopic (exact) mass is 275 g/mol. The van der Waals surface area contributed by atoms with Crippen LogP contribution in [-0.4, -0.2) is 34.1 Å². The normalized spacial score (nSPS) is 15.3. The third kappa shape index (κ3) is 2.41. The molecule has 1 aromatic heterocycles. The predicted molar refractivity (Wildman–Crippen MR) is 69.4 cm³/mol. The summed E-state index contributed by atoms with van der Waals surface area (Å²) in [6.45, 7) is 1.41. The second kappa shape index (κ2) is 5.40. The molecule has 0 saturated carbocycles. The first-order chi connectivity index (χ1) is 9.75. The summed E-state index contributed by atoms with van der Waals surface area (Å²) in [5, 5.41) is 7.49. The highest BCUT2D eigenvalue weighted by Crippen LogP contribution is 2.22. The maximum atomic E-state index is 13.6. The minimum Gasteiger partial charge on any atom is -0.412 e. The molecular formula is C14H14FN3O2. The highest BCUT2D eigenvalue weighted by molar-refractivity contribution is 5.89. The minimum atomic E-state index is -0.451. The van der Waals surface area contributed by atoms with Crippen LogP contribution in [0.4, 0.5) is 4.39 Å². The van der Waals surface area contributed by atoms with E-state index < -0.39 is 5.82 Å². The Balaban J connectivity index is 1.83. The number of halogens is 1. The summed E-state index contributed by atoms with van der Waals surface area (Å²) in [5.41, 5.74) is 0.206. The van der Waals surface area contributed by atoms with Crippen LogP contribution >= 0.6 is 0 Å². The van der Waals surface area contributed by atoms with Gasteiger partial charge in [0.05, 0.1) is 5.56 Å². The van der Waals surface area contributed by atoms with Crippen molar-refractivity contribution >= 4 is 5.91 Å². The van der Waals surface area contributed by atoms with Crippen molar-refractivity contribution in [1.82, 2.24) is 15.1 Å². The van der Waals surface area contributed by atoms with Gasteiger partial charge in [0, 0.05) is 13.1 Å². The smallest absolute Gasteiger partial charge is 0.311 e. The third-order valence-corrected chi connectivity index (χ3v) is 3.36. The Morgan fingerprint density at radius 1 is 1.15 bits per heavy atom. The second-order valence-electron chi connectivity index (χ2n) is 4.75. The molecule has 0 radical (unpaired) electrons. The standard InChI is InChI=1S/C14H14FN3O2/c15-11-7-3-2-6-10(11)12-16-17-13(20-12)14(19)18-8-4-1-5-9-18/h2-3,6-7H,1,4-5,8-9H2. The number of nitrogens with zero attached hydrogens (tertiary/aromatic N) is 3. The van der Waals surface area contributed by atoms with Gasteiger partial charge >= 0.3 is 11.8 Å². The number of benzene rings is 1. The molecule has 2 aromatic rings. The summed E-state index contributed by atoms with van der Waals surface area (Å²) in [5.74, 6) is -0.776. The summed E-state index contributed by atoms with van der Waals surface area (Å²) in [4.78, 5) is 13.9. The quantitative estimate of drug-likeness (QED) is 0.845. The first kappa shape index (κ1) is 12.8. The summed E-state index contributed by atoms with van der Waals surface area (Å²) >= 11 is 0. The first-order valence-electron chi connectivity index (χ1n) is 6.63. The molecule has 0 bridgehead atoms. The second-order valence-corrected chi connectivity index (χ2v) is 4.75. The van der Waals surface area contributed by atoms with Gasteiger partial charge in [-0.25, -0.2) is 4.39 Å². The van der Waals surface area contributed by atoms with Crippen molar-refractivity contribution in [2.75, 3.05) is 13.1 Å². The van der Waals surface area contributed by atoms with Crippen LogP contribution in [0.15, 0.2) is 28.7 Å². The van der Waals surface area contributed by atoms with Crippen LogP contribution in [0.25, 0.3) is 11.5 Å². The zero-order valence-corrected chi connectivity index (χ0v) is 10.9. The third-order valence-electron chi connectivity index (χ3n) is 3.36. The Kier molecular flexibility index (Phi) is 3.45. The van der Waals surface area contributed by atoms with Gasteiger partial charge in [0.1, 0.15) is 5.82 Å². The molecule has 1 aliphatic heterocycles. The molecule has 104 valence electrons. The average molecular weight is 275 g/mol. The van der Waals surface area contributed by atoms with E-state index in [4.69, 9.17) is 4.42 Å². The van der Waals surface area contributed by atoms with Crippen LogP contribution < -0.4 is 0 Å². The van der Waals surface area contributed by atoms with E-state index in [9.17, 15) is 9.18 Å². The molecule has 3 rings (SSSR count). The molecule has 0 unspecified atom stereocenters. The zero-order valence-electron chi connectivity index (χ0n) is 10.9. The number of amides is 1. The Morgan fingerprint density at radius 2 is 1.90 bits per heavy atom. The number of hydrogen-bond acceptors (Lipinski definition) is 4. The van der Waals surface area contributed by atoms with E-state index in [1.54, 1.807) is 17.0 Å². The van der Waals surface area contributed by atoms with E-state index in [0.29, 0.717) is 13.1 Å². The Labute approximate surface area is 115 Å². The van der Waals surface area contributed by atoms with Crippen molar-refractivity contribution < 1.29 is 13.6 Å². The lowest BCUT2D eigenvalue weighted by Crippen LogP contribution is -2.35. The molecule has 1 amide bonds. The Morgan fingerprint density at radius 3 is 2.65 bits per heavy atom. The van der Waals surface area contributed by atoms with Crippen LogP contribution in [0.2, 0.25) is 0 Å². The van der Waals surface area contributed by atoms with Crippen molar-refractivity contribution in [1.29, 1.82) is 0 Å². The van der Waals surface area contributed by atoms with Gasteiger partial charge in [0.25, 0.3) is 5.89 Å². The van der Waals surface area contributed by atoms with Gasteiger partial charge in [-0.2, -0.15) is 0 Å². The van der Waals surface area contributed by atoms with E-state index >= 15 is 0 Å². The van der Waals surface area contributed by atoms with Crippen molar-refractivity contribution in [3.63, 3.8) is 0 Å². The van der Waals surface area contributed by atoms with Gasteiger partial charge < -0.3 is 9.32 Å². The molecule has 1 aromatic carbocycles. The highest BCUT2D eigenvalue weighted by Gasteiger charge is 2.24. The number of carbonyl (C=O) groups is 1. The van der Waals surface area contributed by atoms with Crippen molar-refractivity contribution in [3.05, 3.63) is 36.0 Å². The topological polar surface area (TPSA) is 59.2 Å². The van der Waals surface area contributed by atoms with E-state index in [-0.39, 0.29) is 23.3 Å². The van der Waals surface area contributed by atoms with E-state index in [2.05, 4.69) is 10.2 Å². The van der Waals surface area contributed by atoms with E-state index in [1.165, 1.54) is 12.1 Å². The Hall–Kier alpha value is -2.24. The molecule has 0 atom stereocenters. The lowest BCUT2D eigenvalue weighted by atomic mass is 10.1. The number of piperidine rings is 1. The fourth-order valence-electron chi connectivity index (χ4n) is 2.29. The van der Waals surface area contributed by atoms with Crippen molar-refractivity contribution in [2.45, 2.75) is 19.3 Å². The van der Waals surface area contributed by atoms with Crippen LogP contribution in [-0.2, 0) is 0 Å². The molecule has 1 aliphatic rings. The molecule has 6 heteroatoms. The number of aromatic nitrogens is 2. The molecule has 20 heavy (non-hydrogen) atoms. The summed E-state index contributed by atoms with van der Waals surface area (Å²) < 4.78 is 18.9. The maximum absolute atomic E-state index is 13.6. The van der Waals surface area contributed by atoms with Crippen LogP contribution in [0.3, 0.4) is 0 Å². The SMILES string of the molecule is O=C(c1nnc(-c2ccccc2F)o1)N1CCCCC1. The average Bonchev–Trinajstić information content (AvgIpc) is 2.97. The largest absolute Gasteiger partial charge is 0.412 e. The van der Waals surface area contributed by atoms with Gasteiger partial charge in [-0.05, 0) is 31.4 Å². The van der Waals surface area contributed by atoms with Crippen molar-refractivity contribution in [3.8, 4) is 11.5 Å².